The Kier molecular flexibility index (Phi) is 24.2. The number of rotatable bonds is 31. The highest BCUT2D eigenvalue weighted by Gasteiger charge is 2.35. The van der Waals surface area contributed by atoms with Gasteiger partial charge in [0.1, 0.15) is 13.2 Å². The van der Waals surface area contributed by atoms with Crippen LogP contribution in [0.1, 0.15) is 58.6 Å². The predicted octanol–water partition coefficient (Wildman–Crippen LogP) is 9.95. The van der Waals surface area contributed by atoms with Gasteiger partial charge in [0.2, 0.25) is 13.1 Å². The largest absolute Gasteiger partial charge is 0.475 e. The number of ether oxygens (including phenoxy) is 2. The summed E-state index contributed by atoms with van der Waals surface area (Å²) in [7, 11) is -8.13. The Bertz CT molecular complexity index is 1490. The van der Waals surface area contributed by atoms with Crippen molar-refractivity contribution in [1.29, 1.82) is 0 Å². The van der Waals surface area contributed by atoms with Gasteiger partial charge in [-0.2, -0.15) is 0 Å². The topological polar surface area (TPSA) is 134 Å². The molecule has 8 atom stereocenters. The molecule has 13 nitrogen and oxygen atoms in total. The van der Waals surface area contributed by atoms with Crippen molar-refractivity contribution >= 4 is 24.1 Å². The van der Waals surface area contributed by atoms with E-state index in [0.29, 0.717) is 25.6 Å². The zero-order valence-electron chi connectivity index (χ0n) is 32.2. The lowest BCUT2D eigenvalue weighted by Crippen LogP contribution is -2.33. The smallest absolute Gasteiger partial charge is 0.371 e. The van der Waals surface area contributed by atoms with Gasteiger partial charge in [0.25, 0.3) is 0 Å². The van der Waals surface area contributed by atoms with Crippen LogP contribution in [0.5, 0.6) is 0 Å². The molecule has 0 N–H and O–H groups in total. The molecule has 0 saturated carbocycles. The van der Waals surface area contributed by atoms with E-state index in [0.717, 1.165) is 11.1 Å². The Hall–Kier alpha value is -2.34. The standard InChI is InChI=1S/C38H57N2O11P3/c1-8-22-46-53(42,47-23-20-39-6)50-30-38(45-28-36-17-13-10-14-18-36)34(5)32(3)26-49-54(43,48-24-21-40-7)51-29-37(33(4)31(2)19-25-52-41)44-27-35-15-11-9-12-16-35/h9-18,31-34,37-38H,8,19-30H2,1-5H3/t31-,32-,33-,34-,37+,38+,53?,54?/m1/s1. The monoisotopic (exact) mass is 810 g/mol. The fraction of sp³-hybridized carbons (Fsp3) is 0.632. The summed E-state index contributed by atoms with van der Waals surface area (Å²) in [5, 5.41) is 0. The molecule has 0 aliphatic heterocycles. The highest BCUT2D eigenvalue weighted by molar-refractivity contribution is 7.48. The zero-order valence-corrected chi connectivity index (χ0v) is 34.8. The second-order valence-electron chi connectivity index (χ2n) is 13.0. The molecule has 2 aromatic rings. The first kappa shape index (κ1) is 47.8. The van der Waals surface area contributed by atoms with Crippen molar-refractivity contribution in [3.05, 3.63) is 94.6 Å². The number of phosphoric ester groups is 2. The third kappa shape index (κ3) is 19.0. The SMILES string of the molecule is [C-]#[N+]CCOP(=O)(OC[C@@H](C)[C@@H](C)[C@H](COP(=O)(OCCC)OCC[N+]#[C-])OCc1ccccc1)OC[C@H](OCc1ccccc1)[C@H](C)[C@H](C)CCP=O. The average molecular weight is 811 g/mol. The van der Waals surface area contributed by atoms with Crippen molar-refractivity contribution in [3.8, 4) is 0 Å². The third-order valence-electron chi connectivity index (χ3n) is 8.91. The van der Waals surface area contributed by atoms with E-state index in [4.69, 9.17) is 49.8 Å². The molecule has 2 aromatic carbocycles. The lowest BCUT2D eigenvalue weighted by Gasteiger charge is -2.31. The van der Waals surface area contributed by atoms with Crippen molar-refractivity contribution in [2.24, 2.45) is 23.7 Å². The molecular formula is C38H57N2O11P3. The van der Waals surface area contributed by atoms with Crippen molar-refractivity contribution in [3.63, 3.8) is 0 Å². The minimum Gasteiger partial charge on any atom is -0.371 e. The van der Waals surface area contributed by atoms with Crippen molar-refractivity contribution in [2.75, 3.05) is 58.9 Å². The van der Waals surface area contributed by atoms with E-state index < -0.39 is 27.9 Å². The highest BCUT2D eigenvalue weighted by Crippen LogP contribution is 2.51. The van der Waals surface area contributed by atoms with Crippen LogP contribution in [0.4, 0.5) is 0 Å². The van der Waals surface area contributed by atoms with Gasteiger partial charge >= 0.3 is 15.6 Å². The summed E-state index contributed by atoms with van der Waals surface area (Å²) in [6.07, 6.45) is 0.651. The first-order valence-corrected chi connectivity index (χ1v) is 22.2. The van der Waals surface area contributed by atoms with E-state index in [2.05, 4.69) is 16.6 Å². The summed E-state index contributed by atoms with van der Waals surface area (Å²) in [5.74, 6) is -0.562. The van der Waals surface area contributed by atoms with Crippen LogP contribution in [-0.2, 0) is 63.5 Å². The summed E-state index contributed by atoms with van der Waals surface area (Å²) in [5.41, 5.74) is 1.89. The molecule has 300 valence electrons. The van der Waals surface area contributed by atoms with Gasteiger partial charge < -0.3 is 19.2 Å². The van der Waals surface area contributed by atoms with Crippen LogP contribution in [0, 0.1) is 36.8 Å². The molecule has 0 fully saturated rings. The van der Waals surface area contributed by atoms with Crippen LogP contribution in [0.25, 0.3) is 9.69 Å². The van der Waals surface area contributed by atoms with Crippen LogP contribution in [0.15, 0.2) is 60.7 Å². The van der Waals surface area contributed by atoms with Crippen LogP contribution in [-0.4, -0.2) is 71.1 Å². The Labute approximate surface area is 323 Å². The van der Waals surface area contributed by atoms with Gasteiger partial charge in [-0.25, -0.2) is 22.3 Å². The van der Waals surface area contributed by atoms with Crippen LogP contribution in [0.2, 0.25) is 0 Å². The van der Waals surface area contributed by atoms with Gasteiger partial charge in [0.15, 0.2) is 8.46 Å². The molecule has 0 radical (unpaired) electrons. The third-order valence-corrected chi connectivity index (χ3v) is 12.2. The Morgan fingerprint density at radius 3 is 1.50 bits per heavy atom. The van der Waals surface area contributed by atoms with E-state index in [9.17, 15) is 13.7 Å². The molecule has 2 unspecified atom stereocenters. The van der Waals surface area contributed by atoms with E-state index in [1.54, 1.807) is 0 Å². The molecule has 0 spiro atoms. The van der Waals surface area contributed by atoms with Crippen LogP contribution < -0.4 is 0 Å². The summed E-state index contributed by atoms with van der Waals surface area (Å²) in [6.45, 7) is 24.0. The van der Waals surface area contributed by atoms with Crippen molar-refractivity contribution in [2.45, 2.75) is 72.9 Å². The quantitative estimate of drug-likeness (QED) is 0.0409. The Morgan fingerprint density at radius 1 is 0.630 bits per heavy atom. The highest BCUT2D eigenvalue weighted by atomic mass is 31.2. The van der Waals surface area contributed by atoms with Crippen molar-refractivity contribution in [1.82, 2.24) is 0 Å². The van der Waals surface area contributed by atoms with Gasteiger partial charge in [-0.05, 0) is 47.6 Å². The maximum atomic E-state index is 14.1. The lowest BCUT2D eigenvalue weighted by atomic mass is 9.89. The maximum Gasteiger partial charge on any atom is 0.475 e. The van der Waals surface area contributed by atoms with Crippen molar-refractivity contribution < 1.29 is 50.3 Å². The van der Waals surface area contributed by atoms with Crippen LogP contribution in [0.3, 0.4) is 0 Å². The summed E-state index contributed by atoms with van der Waals surface area (Å²) < 4.78 is 85.5. The molecule has 0 heterocycles. The molecular weight excluding hydrogens is 753 g/mol. The van der Waals surface area contributed by atoms with Gasteiger partial charge in [0, 0.05) is 6.16 Å². The molecule has 0 aliphatic carbocycles. The molecule has 0 aromatic heterocycles. The first-order chi connectivity index (χ1) is 26.0. The Balaban J connectivity index is 2.22. The van der Waals surface area contributed by atoms with E-state index >= 15 is 0 Å². The number of nitrogens with zero attached hydrogens (tertiary/aromatic N) is 2. The molecule has 2 rings (SSSR count). The molecule has 0 bridgehead atoms. The summed E-state index contributed by atoms with van der Waals surface area (Å²) >= 11 is 0. The Morgan fingerprint density at radius 2 is 1.06 bits per heavy atom. The average Bonchev–Trinajstić information content (AvgIpc) is 3.19. The van der Waals surface area contributed by atoms with E-state index in [1.165, 1.54) is 0 Å². The maximum absolute atomic E-state index is 14.1. The fourth-order valence-corrected chi connectivity index (χ4v) is 8.08. The molecule has 54 heavy (non-hydrogen) atoms. The number of hydrogen-bond donors (Lipinski definition) is 0. The van der Waals surface area contributed by atoms with E-state index in [-0.39, 0.29) is 91.5 Å². The minimum absolute atomic E-state index is 0.000611. The number of phosphoric acid groups is 2. The van der Waals surface area contributed by atoms with Crippen LogP contribution >= 0.6 is 24.1 Å². The molecule has 0 amide bonds. The first-order valence-electron chi connectivity index (χ1n) is 18.3. The molecule has 0 aliphatic rings. The molecule has 16 heteroatoms. The zero-order chi connectivity index (χ0) is 39.7. The summed E-state index contributed by atoms with van der Waals surface area (Å²) in [4.78, 5) is 6.55. The number of benzene rings is 2. The van der Waals surface area contributed by atoms with E-state index in [1.807, 2.05) is 88.4 Å². The predicted molar refractivity (Wildman–Crippen MR) is 208 cm³/mol. The normalized spacial score (nSPS) is 17.2. The summed E-state index contributed by atoms with van der Waals surface area (Å²) in [6, 6.07) is 19.2. The second kappa shape index (κ2) is 27.3. The second-order valence-corrected chi connectivity index (χ2v) is 17.1. The minimum atomic E-state index is -4.20. The molecule has 0 saturated heterocycles. The van der Waals surface area contributed by atoms with Gasteiger partial charge in [0.05, 0.1) is 51.8 Å². The van der Waals surface area contributed by atoms with Gasteiger partial charge in [-0.15, -0.1) is 0 Å². The lowest BCUT2D eigenvalue weighted by molar-refractivity contribution is -0.0545. The fourth-order valence-electron chi connectivity index (χ4n) is 5.02. The van der Waals surface area contributed by atoms with Gasteiger partial charge in [-0.3, -0.25) is 31.7 Å². The number of hydrogen-bond acceptors (Lipinski definition) is 11. The van der Waals surface area contributed by atoms with Gasteiger partial charge in [-0.1, -0.05) is 95.3 Å².